The predicted octanol–water partition coefficient (Wildman–Crippen LogP) is -3.44. The molecule has 0 saturated heterocycles. The van der Waals surface area contributed by atoms with Crippen molar-refractivity contribution < 1.29 is 68.1 Å². The van der Waals surface area contributed by atoms with E-state index in [1.165, 1.54) is 0 Å². The van der Waals surface area contributed by atoms with E-state index in [2.05, 4.69) is 0 Å². The van der Waals surface area contributed by atoms with Gasteiger partial charge in [-0.3, -0.25) is 0 Å². The van der Waals surface area contributed by atoms with Crippen LogP contribution in [0.4, 0.5) is 0 Å². The summed E-state index contributed by atoms with van der Waals surface area (Å²) in [4.78, 5) is 9.58. The third-order valence-electron chi connectivity index (χ3n) is 0.325. The van der Waals surface area contributed by atoms with Crippen LogP contribution in [0.15, 0.2) is 0 Å². The van der Waals surface area contributed by atoms with Gasteiger partial charge in [0.25, 0.3) is 0 Å². The van der Waals surface area contributed by atoms with E-state index in [4.69, 9.17) is 0 Å². The van der Waals surface area contributed by atoms with Crippen molar-refractivity contribution in [3.8, 4) is 0 Å². The predicted molar refractivity (Wildman–Crippen MR) is 28.5 cm³/mol. The van der Waals surface area contributed by atoms with Crippen molar-refractivity contribution in [3.05, 3.63) is 0 Å². The van der Waals surface area contributed by atoms with Crippen LogP contribution in [0.25, 0.3) is 0 Å². The van der Waals surface area contributed by atoms with Crippen molar-refractivity contribution in [3.63, 3.8) is 0 Å². The second kappa shape index (κ2) is 6.13. The Kier molecular flexibility index (Phi) is 10.3. The van der Waals surface area contributed by atoms with Gasteiger partial charge in [-0.1, -0.05) is 22.6 Å². The smallest absolute Gasteiger partial charge is 0.549 e. The molecule has 0 spiro atoms. The topological polar surface area (TPSA) is 40.1 Å². The van der Waals surface area contributed by atoms with Crippen molar-refractivity contribution in [2.75, 3.05) is 0 Å². The van der Waals surface area contributed by atoms with Crippen LogP contribution in [0.5, 0.6) is 0 Å². The normalized spacial score (nSPS) is 11.7. The van der Waals surface area contributed by atoms with Gasteiger partial charge in [-0.2, -0.15) is 0 Å². The Labute approximate surface area is 105 Å². The summed E-state index contributed by atoms with van der Waals surface area (Å²) < 4.78 is -0.373. The number of carbonyl (C=O) groups is 1. The summed E-state index contributed by atoms with van der Waals surface area (Å²) in [6.45, 7) is 1.57. The zero-order chi connectivity index (χ0) is 5.15. The third-order valence-corrected chi connectivity index (χ3v) is 0.833. The first-order valence-electron chi connectivity index (χ1n) is 1.49. The molecule has 0 aromatic carbocycles. The Morgan fingerprint density at radius 1 is 1.86 bits per heavy atom. The number of rotatable bonds is 1. The quantitative estimate of drug-likeness (QED) is 0.371. The van der Waals surface area contributed by atoms with Crippen molar-refractivity contribution in [1.82, 2.24) is 0 Å². The molecule has 4 heteroatoms. The number of carbonyl (C=O) groups excluding carboxylic acids is 1. The molecule has 0 aliphatic rings. The molecule has 0 fully saturated rings. The van der Waals surface area contributed by atoms with E-state index in [-0.39, 0.29) is 62.1 Å². The van der Waals surface area contributed by atoms with Crippen LogP contribution in [0, 0.1) is 0 Å². The molecule has 2 nitrogen and oxygen atoms in total. The molecule has 0 heterocycles. The second-order valence-corrected chi connectivity index (χ2v) is 2.80. The van der Waals surface area contributed by atoms with Gasteiger partial charge >= 0.3 is 58.2 Å². The molecule has 0 aliphatic heterocycles. The first kappa shape index (κ1) is 11.8. The molecule has 0 N–H and O–H groups in total. The molecule has 0 rings (SSSR count). The number of halogens is 1. The molecule has 0 aromatic heterocycles. The number of hydrogen-bond acceptors (Lipinski definition) is 2. The first-order valence-corrected chi connectivity index (χ1v) is 2.74. The largest absolute Gasteiger partial charge is 1.00 e. The summed E-state index contributed by atoms with van der Waals surface area (Å²) >= 11 is 1.77. The molecule has 1 unspecified atom stereocenters. The van der Waals surface area contributed by atoms with E-state index < -0.39 is 5.97 Å². The monoisotopic (exact) mass is 284 g/mol. The number of hydrogen-bond donors (Lipinski definition) is 0. The van der Waals surface area contributed by atoms with Gasteiger partial charge in [0.05, 0.1) is 5.97 Å². The molecule has 36 valence electrons. The van der Waals surface area contributed by atoms with Gasteiger partial charge in [-0.25, -0.2) is 0 Å². The molecule has 0 saturated carbocycles. The van der Waals surface area contributed by atoms with E-state index in [1.807, 2.05) is 0 Å². The molecule has 1 atom stereocenters. The number of carboxylic acid groups (broad SMARTS) is 1. The summed E-state index contributed by atoms with van der Waals surface area (Å²) in [6.07, 6.45) is 0. The van der Waals surface area contributed by atoms with E-state index in [9.17, 15) is 9.90 Å². The van der Waals surface area contributed by atoms with E-state index >= 15 is 0 Å². The Morgan fingerprint density at radius 2 is 2.00 bits per heavy atom. The van der Waals surface area contributed by atoms with Gasteiger partial charge in [-0.05, 0) is 6.92 Å². The second-order valence-electron chi connectivity index (χ2n) is 0.935. The average molecular weight is 284 g/mol. The van der Waals surface area contributed by atoms with Crippen LogP contribution >= 0.6 is 22.6 Å². The number of alkyl halides is 1. The Balaban J connectivity index is 0. The maximum absolute atomic E-state index is 9.58. The molecule has 0 bridgehead atoms. The van der Waals surface area contributed by atoms with Gasteiger partial charge in [0.2, 0.25) is 0 Å². The zero-order valence-electron chi connectivity index (χ0n) is 4.27. The van der Waals surface area contributed by atoms with E-state index in [0.29, 0.717) is 0 Å². The number of carboxylic acids is 1. The zero-order valence-corrected chi connectivity index (χ0v) is 11.3. The Bertz CT molecular complexity index is 64.0. The minimum atomic E-state index is -1.00. The molecule has 0 aliphatic carbocycles. The van der Waals surface area contributed by atoms with Crippen LogP contribution in [-0.2, 0) is 4.79 Å². The van der Waals surface area contributed by atoms with Crippen LogP contribution in [0.1, 0.15) is 6.92 Å². The van der Waals surface area contributed by atoms with Gasteiger partial charge in [-0.15, -0.1) is 0 Å². The molecule has 0 radical (unpaired) electrons. The van der Waals surface area contributed by atoms with Gasteiger partial charge in [0, 0.05) is 3.92 Å². The molecular weight excluding hydrogens is 280 g/mol. The van der Waals surface area contributed by atoms with Crippen molar-refractivity contribution in [2.24, 2.45) is 0 Å². The average Bonchev–Trinajstić information content (AvgIpc) is 1.36. The first-order chi connectivity index (χ1) is 2.64. The fraction of sp³-hybridized carbons (Fsp3) is 0.667. The van der Waals surface area contributed by atoms with Crippen LogP contribution in [0.2, 0.25) is 0 Å². The van der Waals surface area contributed by atoms with E-state index in [1.54, 1.807) is 29.5 Å². The number of aliphatic carboxylic acids is 1. The Morgan fingerprint density at radius 3 is 2.00 bits per heavy atom. The maximum atomic E-state index is 9.58. The fourth-order valence-electron chi connectivity index (χ4n) is 0. The fourth-order valence-corrected chi connectivity index (χ4v) is 0. The summed E-state index contributed by atoms with van der Waals surface area (Å²) in [5.41, 5.74) is 0. The maximum Gasteiger partial charge on any atom is 1.00 e. The van der Waals surface area contributed by atoms with Gasteiger partial charge < -0.3 is 9.90 Å². The minimum absolute atomic E-state index is 0. The summed E-state index contributed by atoms with van der Waals surface area (Å²) in [6, 6.07) is 0. The van der Waals surface area contributed by atoms with Crippen molar-refractivity contribution >= 4 is 28.6 Å². The minimum Gasteiger partial charge on any atom is -0.549 e. The van der Waals surface area contributed by atoms with Crippen molar-refractivity contribution in [2.45, 2.75) is 10.8 Å². The SMILES string of the molecule is CC(I)C(=O)[O-].[Rb+]. The summed E-state index contributed by atoms with van der Waals surface area (Å²) in [7, 11) is 0. The van der Waals surface area contributed by atoms with Gasteiger partial charge in [0.1, 0.15) is 0 Å². The molecule has 0 aromatic rings. The summed E-state index contributed by atoms with van der Waals surface area (Å²) in [5.74, 6) is -1.00. The van der Waals surface area contributed by atoms with Crippen LogP contribution in [0.3, 0.4) is 0 Å². The Hall–Kier alpha value is 2.01. The standard InChI is InChI=1S/C3H5IO2.Rb/c1-2(4)3(5)6;/h2H,1H3,(H,5,6);/q;+1/p-1. The van der Waals surface area contributed by atoms with Gasteiger partial charge in [0.15, 0.2) is 0 Å². The molecular formula is C3H4IO2Rb. The molecule has 0 amide bonds. The van der Waals surface area contributed by atoms with Crippen LogP contribution in [-0.4, -0.2) is 9.89 Å². The van der Waals surface area contributed by atoms with Crippen molar-refractivity contribution in [1.29, 1.82) is 0 Å². The van der Waals surface area contributed by atoms with E-state index in [0.717, 1.165) is 0 Å². The third kappa shape index (κ3) is 8.01. The summed E-state index contributed by atoms with van der Waals surface area (Å²) in [5, 5.41) is 9.58. The molecule has 7 heavy (non-hydrogen) atoms. The van der Waals surface area contributed by atoms with Crippen LogP contribution < -0.4 is 63.3 Å².